The molecule has 3 fully saturated rings. The molecule has 2 saturated heterocycles. The number of aliphatic hydroxyl groups excluding tert-OH is 1. The number of ether oxygens (including phenoxy) is 6. The normalized spacial score (nSPS) is 37.3. The van der Waals surface area contributed by atoms with Gasteiger partial charge < -0.3 is 43.5 Å². The minimum atomic E-state index is -2.52. The van der Waals surface area contributed by atoms with Crippen LogP contribution in [0.25, 0.3) is 0 Å². The number of piperidine rings is 1. The predicted octanol–water partition coefficient (Wildman–Crippen LogP) is 6.70. The number of aliphatic hydroxyl groups is 2. The van der Waals surface area contributed by atoms with Crippen LogP contribution in [0, 0.1) is 35.4 Å². The highest BCUT2D eigenvalue weighted by molar-refractivity contribution is 6.39. The molecule has 0 spiro atoms. The Morgan fingerprint density at radius 1 is 0.937 bits per heavy atom. The van der Waals surface area contributed by atoms with Crippen LogP contribution in [-0.2, 0) is 42.9 Å². The first kappa shape index (κ1) is 50.5. The Balaban J connectivity index is 1.49. The van der Waals surface area contributed by atoms with Gasteiger partial charge in [-0.3, -0.25) is 14.4 Å². The molecule has 2 N–H and O–H groups in total. The second-order valence-corrected chi connectivity index (χ2v) is 18.7. The van der Waals surface area contributed by atoms with Crippen LogP contribution in [0.4, 0.5) is 4.39 Å². The monoisotopic (exact) mass is 886 g/mol. The number of amides is 1. The van der Waals surface area contributed by atoms with Gasteiger partial charge in [-0.15, -0.1) is 0 Å². The number of fused-ring (bicyclic) bond motifs is 3. The van der Waals surface area contributed by atoms with Gasteiger partial charge >= 0.3 is 5.97 Å². The van der Waals surface area contributed by atoms with Crippen LogP contribution in [-0.4, -0.2) is 121 Å². The van der Waals surface area contributed by atoms with Crippen LogP contribution >= 0.6 is 0 Å². The summed E-state index contributed by atoms with van der Waals surface area (Å²) in [5.41, 5.74) is 1.63. The number of allylic oxidation sites excluding steroid dienone is 3. The Hall–Kier alpha value is -3.53. The summed E-state index contributed by atoms with van der Waals surface area (Å²) >= 11 is 0. The fourth-order valence-electron chi connectivity index (χ4n) is 10.2. The van der Waals surface area contributed by atoms with Gasteiger partial charge in [0.05, 0.1) is 24.4 Å². The fraction of sp³-hybridized carbons (Fsp3) is 0.714. The Labute approximate surface area is 373 Å². The molecule has 13 nitrogen and oxygen atoms in total. The van der Waals surface area contributed by atoms with Crippen LogP contribution < -0.4 is 4.74 Å². The van der Waals surface area contributed by atoms with Gasteiger partial charge in [-0.1, -0.05) is 51.5 Å². The number of carbonyl (C=O) groups excluding carboxylic acids is 4. The zero-order valence-electron chi connectivity index (χ0n) is 38.8. The Bertz CT molecular complexity index is 1800. The molecule has 1 aromatic rings. The van der Waals surface area contributed by atoms with Crippen molar-refractivity contribution in [1.82, 2.24) is 4.90 Å². The molecule has 1 amide bonds. The van der Waals surface area contributed by atoms with Gasteiger partial charge in [0, 0.05) is 58.1 Å². The van der Waals surface area contributed by atoms with Crippen molar-refractivity contribution in [2.75, 3.05) is 27.9 Å². The number of ketones is 2. The molecule has 1 aromatic carbocycles. The molecule has 352 valence electrons. The van der Waals surface area contributed by atoms with E-state index in [1.807, 2.05) is 39.8 Å². The summed E-state index contributed by atoms with van der Waals surface area (Å²) in [7, 11) is 4.66. The summed E-state index contributed by atoms with van der Waals surface area (Å²) in [6.45, 7) is 11.2. The second-order valence-electron chi connectivity index (χ2n) is 18.7. The molecule has 2 bridgehead atoms. The van der Waals surface area contributed by atoms with Crippen molar-refractivity contribution in [3.63, 3.8) is 0 Å². The number of carbonyl (C=O) groups is 4. The van der Waals surface area contributed by atoms with Gasteiger partial charge in [0.15, 0.2) is 0 Å². The molecule has 3 aliphatic heterocycles. The van der Waals surface area contributed by atoms with Gasteiger partial charge in [-0.05, 0) is 108 Å². The Kier molecular flexibility index (Phi) is 18.1. The van der Waals surface area contributed by atoms with Crippen LogP contribution in [0.2, 0.25) is 0 Å². The van der Waals surface area contributed by atoms with E-state index in [1.165, 1.54) is 31.3 Å². The SMILES string of the molecule is CCC1C=C(C)CC(C)CC(OC)C2OC(O)(C(=O)C(=O)N3CCCCC3C(=O)OC(C(C)=CC3CCC(Oc4cccc(F)c4)C(OC)C3)C(C)C(O)CC1=O)C(C)CC2OC. The van der Waals surface area contributed by atoms with Crippen molar-refractivity contribution in [3.8, 4) is 5.75 Å². The predicted molar refractivity (Wildman–Crippen MR) is 233 cm³/mol. The summed E-state index contributed by atoms with van der Waals surface area (Å²) in [6, 6.07) is 4.83. The van der Waals surface area contributed by atoms with Gasteiger partial charge in [0.2, 0.25) is 5.79 Å². The molecule has 4 aliphatic rings. The van der Waals surface area contributed by atoms with Crippen LogP contribution in [0.5, 0.6) is 5.75 Å². The minimum absolute atomic E-state index is 0.0207. The molecular formula is C49H72FNO12. The van der Waals surface area contributed by atoms with Crippen molar-refractivity contribution >= 4 is 23.4 Å². The Morgan fingerprint density at radius 2 is 1.63 bits per heavy atom. The first-order chi connectivity index (χ1) is 29.9. The third-order valence-corrected chi connectivity index (χ3v) is 14.0. The molecule has 14 unspecified atom stereocenters. The first-order valence-electron chi connectivity index (χ1n) is 23.0. The second kappa shape index (κ2) is 22.6. The van der Waals surface area contributed by atoms with Gasteiger partial charge in [-0.2, -0.15) is 0 Å². The number of rotatable bonds is 8. The smallest absolute Gasteiger partial charge is 0.329 e. The zero-order chi connectivity index (χ0) is 46.2. The highest BCUT2D eigenvalue weighted by atomic mass is 19.1. The average molecular weight is 886 g/mol. The van der Waals surface area contributed by atoms with Crippen LogP contribution in [0.3, 0.4) is 0 Å². The molecule has 0 aromatic heterocycles. The van der Waals surface area contributed by atoms with Gasteiger partial charge in [-0.25, -0.2) is 9.18 Å². The molecule has 14 atom stereocenters. The number of benzene rings is 1. The summed E-state index contributed by atoms with van der Waals surface area (Å²) in [5.74, 6) is -7.68. The summed E-state index contributed by atoms with van der Waals surface area (Å²) in [4.78, 5) is 58.2. The lowest BCUT2D eigenvalue weighted by Gasteiger charge is -2.47. The van der Waals surface area contributed by atoms with Crippen molar-refractivity contribution in [3.05, 3.63) is 53.4 Å². The molecule has 1 aliphatic carbocycles. The topological polar surface area (TPSA) is 167 Å². The van der Waals surface area contributed by atoms with E-state index >= 15 is 0 Å². The third-order valence-electron chi connectivity index (χ3n) is 14.0. The molecule has 63 heavy (non-hydrogen) atoms. The summed E-state index contributed by atoms with van der Waals surface area (Å²) in [5, 5.41) is 23.9. The third kappa shape index (κ3) is 12.2. The minimum Gasteiger partial charge on any atom is -0.488 e. The largest absolute Gasteiger partial charge is 0.488 e. The standard InChI is InChI=1S/C49H72FNO12/c1-10-34-21-28(2)20-29(3)22-42(59-8)45-43(60-9)24-31(5)49(57,63-45)46(54)47(55)51-19-12-11-16-37(51)48(56)62-44(32(6)38(52)27-39(34)53)30(4)23-33-17-18-40(41(25-33)58-7)61-36-15-13-14-35(50)26-36/h13-15,21,23,26,29,31-34,37-38,40-45,52,57H,10-12,16-20,22,24-25,27H2,1-9H3. The highest BCUT2D eigenvalue weighted by Gasteiger charge is 2.56. The highest BCUT2D eigenvalue weighted by Crippen LogP contribution is 2.39. The average Bonchev–Trinajstić information content (AvgIpc) is 3.26. The number of hydrogen-bond acceptors (Lipinski definition) is 12. The van der Waals surface area contributed by atoms with E-state index in [-0.39, 0.29) is 55.6 Å². The number of hydrogen-bond donors (Lipinski definition) is 2. The molecule has 0 radical (unpaired) electrons. The van der Waals surface area contributed by atoms with E-state index in [1.54, 1.807) is 33.1 Å². The number of methoxy groups -OCH3 is 3. The van der Waals surface area contributed by atoms with Crippen molar-refractivity contribution in [2.24, 2.45) is 29.6 Å². The number of halogens is 1. The number of nitrogens with zero attached hydrogens (tertiary/aromatic N) is 1. The lowest BCUT2D eigenvalue weighted by molar-refractivity contribution is -0.302. The lowest BCUT2D eigenvalue weighted by atomic mass is 9.81. The number of esters is 1. The van der Waals surface area contributed by atoms with Gasteiger partial charge in [0.1, 0.15) is 41.7 Å². The molecule has 14 heteroatoms. The van der Waals surface area contributed by atoms with Crippen molar-refractivity contribution in [2.45, 2.75) is 167 Å². The maximum Gasteiger partial charge on any atom is 0.329 e. The molecule has 3 heterocycles. The number of cyclic esters (lactones) is 1. The molecular weight excluding hydrogens is 814 g/mol. The van der Waals surface area contributed by atoms with Gasteiger partial charge in [0.25, 0.3) is 11.7 Å². The van der Waals surface area contributed by atoms with E-state index < -0.39 is 83.6 Å². The molecule has 1 saturated carbocycles. The Morgan fingerprint density at radius 3 is 2.30 bits per heavy atom. The molecule has 5 rings (SSSR count). The maximum absolute atomic E-state index is 14.5. The van der Waals surface area contributed by atoms with E-state index in [0.29, 0.717) is 62.7 Å². The van der Waals surface area contributed by atoms with Crippen LogP contribution in [0.1, 0.15) is 112 Å². The van der Waals surface area contributed by atoms with Crippen molar-refractivity contribution in [1.29, 1.82) is 0 Å². The van der Waals surface area contributed by atoms with Crippen LogP contribution in [0.15, 0.2) is 47.6 Å². The summed E-state index contributed by atoms with van der Waals surface area (Å²) < 4.78 is 50.3. The number of Topliss-reactive ketones (excluding diaryl/α,β-unsaturated/α-hetero) is 2. The maximum atomic E-state index is 14.5. The quantitative estimate of drug-likeness (QED) is 0.161. The van der Waals surface area contributed by atoms with E-state index in [0.717, 1.165) is 5.57 Å². The van der Waals surface area contributed by atoms with Crippen molar-refractivity contribution < 1.29 is 62.2 Å². The lowest BCUT2D eigenvalue weighted by Crippen LogP contribution is -2.64. The first-order valence-corrected chi connectivity index (χ1v) is 23.0. The van der Waals surface area contributed by atoms with E-state index in [2.05, 4.69) is 0 Å². The van der Waals surface area contributed by atoms with E-state index in [9.17, 15) is 33.8 Å². The fourth-order valence-corrected chi connectivity index (χ4v) is 10.2. The summed E-state index contributed by atoms with van der Waals surface area (Å²) in [6.07, 6.45) is 3.85. The van der Waals surface area contributed by atoms with E-state index in [4.69, 9.17) is 28.4 Å². The zero-order valence-corrected chi connectivity index (χ0v) is 38.8.